The number of aromatic nitrogens is 3. The summed E-state index contributed by atoms with van der Waals surface area (Å²) in [5.41, 5.74) is 1.25. The van der Waals surface area contributed by atoms with Gasteiger partial charge in [0, 0.05) is 56.6 Å². The summed E-state index contributed by atoms with van der Waals surface area (Å²) in [4.78, 5) is 24.9. The van der Waals surface area contributed by atoms with Gasteiger partial charge in [0.25, 0.3) is 5.56 Å². The maximum absolute atomic E-state index is 13.3. The Balaban J connectivity index is 1.77. The van der Waals surface area contributed by atoms with Crippen LogP contribution in [-0.2, 0) is 27.4 Å². The van der Waals surface area contributed by atoms with Gasteiger partial charge in [0.2, 0.25) is 0 Å². The number of carbonyl (C=O) groups is 1. The molecule has 0 atom stereocenters. The standard InChI is InChI=1S/C24H25N3O7S/c1-26-7-6-19(25-26)16-11-17-21(12-20(16)34-9-3-8-33-2)35(31,32)13-14-10-18(24(29)30)23(28)27(22(14)17)15-4-5-15/h6-7,10-12,15H,3-5,8-9,13H2,1-2H3,(H,29,30). The number of benzene rings is 1. The molecular weight excluding hydrogens is 474 g/mol. The molecule has 0 bridgehead atoms. The van der Waals surface area contributed by atoms with Crippen LogP contribution in [-0.4, -0.2) is 54.2 Å². The zero-order valence-corrected chi connectivity index (χ0v) is 20.2. The first-order valence-corrected chi connectivity index (χ1v) is 12.9. The van der Waals surface area contributed by atoms with Crippen LogP contribution in [0.1, 0.15) is 41.2 Å². The van der Waals surface area contributed by atoms with Gasteiger partial charge >= 0.3 is 5.97 Å². The van der Waals surface area contributed by atoms with E-state index in [1.165, 1.54) is 16.7 Å². The number of nitrogens with zero attached hydrogens (tertiary/aromatic N) is 3. The highest BCUT2D eigenvalue weighted by molar-refractivity contribution is 7.90. The third kappa shape index (κ3) is 4.14. The fourth-order valence-electron chi connectivity index (χ4n) is 4.49. The number of carboxylic acid groups (broad SMARTS) is 1. The van der Waals surface area contributed by atoms with Gasteiger partial charge in [-0.25, -0.2) is 13.2 Å². The van der Waals surface area contributed by atoms with E-state index in [0.29, 0.717) is 53.5 Å². The van der Waals surface area contributed by atoms with Gasteiger partial charge in [-0.3, -0.25) is 9.48 Å². The molecule has 1 aliphatic heterocycles. The minimum Gasteiger partial charge on any atom is -0.493 e. The lowest BCUT2D eigenvalue weighted by atomic mass is 9.99. The van der Waals surface area contributed by atoms with Crippen molar-refractivity contribution >= 4 is 15.8 Å². The van der Waals surface area contributed by atoms with Crippen molar-refractivity contribution in [2.45, 2.75) is 36.0 Å². The fraction of sp³-hybridized carbons (Fsp3) is 0.375. The molecule has 184 valence electrons. The van der Waals surface area contributed by atoms with Crippen LogP contribution in [0.4, 0.5) is 0 Å². The van der Waals surface area contributed by atoms with Crippen molar-refractivity contribution < 1.29 is 27.8 Å². The van der Waals surface area contributed by atoms with Crippen molar-refractivity contribution in [3.8, 4) is 28.3 Å². The summed E-state index contributed by atoms with van der Waals surface area (Å²) in [7, 11) is -0.452. The molecule has 0 unspecified atom stereocenters. The molecule has 35 heavy (non-hydrogen) atoms. The van der Waals surface area contributed by atoms with Crippen LogP contribution < -0.4 is 10.3 Å². The van der Waals surface area contributed by atoms with E-state index in [-0.39, 0.29) is 10.9 Å². The van der Waals surface area contributed by atoms with Crippen LogP contribution in [0.2, 0.25) is 0 Å². The summed E-state index contributed by atoms with van der Waals surface area (Å²) < 4.78 is 40.8. The Labute approximate surface area is 201 Å². The monoisotopic (exact) mass is 499 g/mol. The molecule has 1 saturated carbocycles. The number of hydrogen-bond donors (Lipinski definition) is 1. The van der Waals surface area contributed by atoms with Gasteiger partial charge in [0.1, 0.15) is 11.3 Å². The molecule has 11 heteroatoms. The van der Waals surface area contributed by atoms with Gasteiger partial charge in [0.15, 0.2) is 9.84 Å². The van der Waals surface area contributed by atoms with Gasteiger partial charge < -0.3 is 19.1 Å². The molecule has 0 spiro atoms. The highest BCUT2D eigenvalue weighted by atomic mass is 32.2. The number of aryl methyl sites for hydroxylation is 1. The second kappa shape index (κ2) is 8.65. The summed E-state index contributed by atoms with van der Waals surface area (Å²) in [6, 6.07) is 6.03. The van der Waals surface area contributed by atoms with Gasteiger partial charge in [-0.15, -0.1) is 0 Å². The second-order valence-electron chi connectivity index (χ2n) is 8.82. The Morgan fingerprint density at radius 1 is 1.20 bits per heavy atom. The van der Waals surface area contributed by atoms with E-state index in [2.05, 4.69) is 5.10 Å². The fourth-order valence-corrected chi connectivity index (χ4v) is 6.05. The highest BCUT2D eigenvalue weighted by Crippen LogP contribution is 2.46. The molecule has 10 nitrogen and oxygen atoms in total. The Morgan fingerprint density at radius 2 is 1.97 bits per heavy atom. The number of sulfone groups is 1. The molecule has 1 fully saturated rings. The van der Waals surface area contributed by atoms with Gasteiger partial charge in [-0.05, 0) is 36.6 Å². The van der Waals surface area contributed by atoms with E-state index < -0.39 is 32.7 Å². The molecule has 2 aromatic heterocycles. The average molecular weight is 500 g/mol. The number of carboxylic acids is 1. The maximum Gasteiger partial charge on any atom is 0.341 e. The number of hydrogen-bond acceptors (Lipinski definition) is 7. The van der Waals surface area contributed by atoms with Crippen molar-refractivity contribution in [1.29, 1.82) is 0 Å². The van der Waals surface area contributed by atoms with E-state index in [0.717, 1.165) is 12.8 Å². The molecular formula is C24H25N3O7S. The smallest absolute Gasteiger partial charge is 0.341 e. The average Bonchev–Trinajstić information content (AvgIpc) is 3.55. The normalized spacial score (nSPS) is 15.9. The molecule has 0 amide bonds. The first-order valence-electron chi connectivity index (χ1n) is 11.3. The zero-order chi connectivity index (χ0) is 24.9. The SMILES string of the molecule is COCCCOc1cc2c(cc1-c1ccn(C)n1)-c1c(cc(C(=O)O)c(=O)n1C1CC1)CS2(=O)=O. The molecule has 1 aromatic carbocycles. The van der Waals surface area contributed by atoms with Crippen LogP contribution in [0.3, 0.4) is 0 Å². The molecule has 0 radical (unpaired) electrons. The van der Waals surface area contributed by atoms with Crippen molar-refractivity contribution in [2.24, 2.45) is 7.05 Å². The third-order valence-electron chi connectivity index (χ3n) is 6.21. The van der Waals surface area contributed by atoms with E-state index >= 15 is 0 Å². The van der Waals surface area contributed by atoms with Gasteiger partial charge in [-0.2, -0.15) is 5.10 Å². The lowest BCUT2D eigenvalue weighted by molar-refractivity contribution is 0.0694. The van der Waals surface area contributed by atoms with Crippen LogP contribution in [0.15, 0.2) is 40.2 Å². The van der Waals surface area contributed by atoms with E-state index in [4.69, 9.17) is 9.47 Å². The molecule has 0 saturated heterocycles. The first kappa shape index (κ1) is 23.3. The summed E-state index contributed by atoms with van der Waals surface area (Å²) in [6.45, 7) is 0.812. The highest BCUT2D eigenvalue weighted by Gasteiger charge is 2.37. The number of ether oxygens (including phenoxy) is 2. The Kier molecular flexibility index (Phi) is 5.76. The zero-order valence-electron chi connectivity index (χ0n) is 19.4. The van der Waals surface area contributed by atoms with Crippen LogP contribution in [0, 0.1) is 0 Å². The minimum absolute atomic E-state index is 0.0586. The number of methoxy groups -OCH3 is 1. The molecule has 2 aliphatic rings. The first-order chi connectivity index (χ1) is 16.7. The summed E-state index contributed by atoms with van der Waals surface area (Å²) in [5, 5.41) is 14.0. The largest absolute Gasteiger partial charge is 0.493 e. The quantitative estimate of drug-likeness (QED) is 0.468. The number of pyridine rings is 1. The second-order valence-corrected chi connectivity index (χ2v) is 10.8. The van der Waals surface area contributed by atoms with E-state index in [9.17, 15) is 23.1 Å². The van der Waals surface area contributed by atoms with Crippen molar-refractivity contribution in [3.63, 3.8) is 0 Å². The Bertz CT molecular complexity index is 1500. The molecule has 1 aliphatic carbocycles. The topological polar surface area (TPSA) is 130 Å². The number of fused-ring (bicyclic) bond motifs is 3. The summed E-state index contributed by atoms with van der Waals surface area (Å²) >= 11 is 0. The molecule has 5 rings (SSSR count). The predicted molar refractivity (Wildman–Crippen MR) is 126 cm³/mol. The molecule has 3 heterocycles. The van der Waals surface area contributed by atoms with Crippen molar-refractivity contribution in [3.05, 3.63) is 51.9 Å². The van der Waals surface area contributed by atoms with Crippen LogP contribution >= 0.6 is 0 Å². The van der Waals surface area contributed by atoms with Crippen molar-refractivity contribution in [2.75, 3.05) is 20.3 Å². The number of aromatic carboxylic acids is 1. The minimum atomic E-state index is -3.82. The third-order valence-corrected chi connectivity index (χ3v) is 7.91. The number of rotatable bonds is 8. The lowest BCUT2D eigenvalue weighted by Gasteiger charge is -2.26. The summed E-state index contributed by atoms with van der Waals surface area (Å²) in [5.74, 6) is -1.40. The Morgan fingerprint density at radius 3 is 2.60 bits per heavy atom. The van der Waals surface area contributed by atoms with Gasteiger partial charge in [0.05, 0.1) is 28.6 Å². The Hall–Kier alpha value is -3.44. The van der Waals surface area contributed by atoms with Gasteiger partial charge in [-0.1, -0.05) is 0 Å². The van der Waals surface area contributed by atoms with Crippen LogP contribution in [0.5, 0.6) is 5.75 Å². The maximum atomic E-state index is 13.3. The van der Waals surface area contributed by atoms with Crippen LogP contribution in [0.25, 0.3) is 22.5 Å². The van der Waals surface area contributed by atoms with Crippen molar-refractivity contribution in [1.82, 2.24) is 14.3 Å². The molecule has 1 N–H and O–H groups in total. The van der Waals surface area contributed by atoms with E-state index in [1.54, 1.807) is 37.2 Å². The lowest BCUT2D eigenvalue weighted by Crippen LogP contribution is -2.30. The summed E-state index contributed by atoms with van der Waals surface area (Å²) in [6.07, 6.45) is 3.84. The predicted octanol–water partition coefficient (Wildman–Crippen LogP) is 2.65. The molecule has 3 aromatic rings. The van der Waals surface area contributed by atoms with E-state index in [1.807, 2.05) is 0 Å².